The molecule has 3 aromatic rings. The van der Waals surface area contributed by atoms with Gasteiger partial charge in [-0.05, 0) is 30.5 Å². The highest BCUT2D eigenvalue weighted by Gasteiger charge is 2.31. The van der Waals surface area contributed by atoms with Crippen molar-refractivity contribution in [2.24, 2.45) is 0 Å². The fraction of sp³-hybridized carbons (Fsp3) is 0.238. The largest absolute Gasteiger partial charge is 0.361 e. The molecular weight excluding hydrogens is 294 g/mol. The van der Waals surface area contributed by atoms with Crippen LogP contribution in [0.25, 0.3) is 17.0 Å². The van der Waals surface area contributed by atoms with E-state index in [1.807, 2.05) is 0 Å². The van der Waals surface area contributed by atoms with E-state index in [1.165, 1.54) is 40.6 Å². The Morgan fingerprint density at radius 1 is 0.917 bits per heavy atom. The molecule has 1 atom stereocenters. The van der Waals surface area contributed by atoms with Crippen molar-refractivity contribution in [3.8, 4) is 0 Å². The number of fused-ring (bicyclic) bond motifs is 2. The number of hydrazine groups is 1. The van der Waals surface area contributed by atoms with Gasteiger partial charge in [0.25, 0.3) is 0 Å². The topological polar surface area (TPSA) is 22.3 Å². The van der Waals surface area contributed by atoms with Gasteiger partial charge in [0.05, 0.1) is 11.7 Å². The normalized spacial score (nSPS) is 20.7. The maximum Gasteiger partial charge on any atom is 0.0912 e. The lowest BCUT2D eigenvalue weighted by Gasteiger charge is -2.41. The van der Waals surface area contributed by atoms with Gasteiger partial charge in [-0.15, -0.1) is 0 Å². The van der Waals surface area contributed by atoms with Crippen molar-refractivity contribution in [3.05, 3.63) is 71.9 Å². The summed E-state index contributed by atoms with van der Waals surface area (Å²) < 4.78 is 0. The molecule has 3 heterocycles. The lowest BCUT2D eigenvalue weighted by molar-refractivity contribution is 0.288. The van der Waals surface area contributed by atoms with Gasteiger partial charge in [0.1, 0.15) is 0 Å². The number of nitrogens with zero attached hydrogens (tertiary/aromatic N) is 2. The maximum atomic E-state index is 3.44. The van der Waals surface area contributed by atoms with E-state index in [9.17, 15) is 0 Å². The van der Waals surface area contributed by atoms with Crippen LogP contribution in [0.4, 0.5) is 5.69 Å². The molecule has 0 spiro atoms. The Labute approximate surface area is 142 Å². The van der Waals surface area contributed by atoms with Crippen molar-refractivity contribution in [1.29, 1.82) is 0 Å². The number of aromatic amines is 1. The van der Waals surface area contributed by atoms with Gasteiger partial charge in [-0.25, -0.2) is 5.01 Å². The van der Waals surface area contributed by atoms with Crippen LogP contribution < -0.4 is 5.01 Å². The summed E-state index contributed by atoms with van der Waals surface area (Å²) in [5.74, 6) is 0. The van der Waals surface area contributed by atoms with Crippen LogP contribution in [-0.2, 0) is 0 Å². The summed E-state index contributed by atoms with van der Waals surface area (Å²) in [6.07, 6.45) is 9.35. The molecule has 2 aromatic carbocycles. The third kappa shape index (κ3) is 2.09. The summed E-state index contributed by atoms with van der Waals surface area (Å²) >= 11 is 0. The van der Waals surface area contributed by atoms with Crippen molar-refractivity contribution in [2.75, 3.05) is 18.1 Å². The van der Waals surface area contributed by atoms with Crippen LogP contribution in [0.3, 0.4) is 0 Å². The molecule has 120 valence electrons. The summed E-state index contributed by atoms with van der Waals surface area (Å²) in [5, 5.41) is 6.35. The number of nitrogens with one attached hydrogen (secondary N) is 1. The summed E-state index contributed by atoms with van der Waals surface area (Å²) in [6.45, 7) is 2.28. The lowest BCUT2D eigenvalue weighted by atomic mass is 9.98. The Bertz CT molecular complexity index is 902. The van der Waals surface area contributed by atoms with Gasteiger partial charge in [0.15, 0.2) is 0 Å². The second-order valence-electron chi connectivity index (χ2n) is 6.66. The van der Waals surface area contributed by atoms with E-state index < -0.39 is 0 Å². The average Bonchev–Trinajstić information content (AvgIpc) is 3.30. The summed E-state index contributed by atoms with van der Waals surface area (Å²) in [5.41, 5.74) is 5.18. The molecule has 3 heteroatoms. The van der Waals surface area contributed by atoms with Crippen molar-refractivity contribution in [2.45, 2.75) is 18.9 Å². The van der Waals surface area contributed by atoms with E-state index in [4.69, 9.17) is 0 Å². The molecule has 2 aliphatic heterocycles. The predicted octanol–water partition coefficient (Wildman–Crippen LogP) is 4.75. The molecular formula is C21H21N3. The van der Waals surface area contributed by atoms with Crippen LogP contribution in [0.15, 0.2) is 60.8 Å². The van der Waals surface area contributed by atoms with Crippen molar-refractivity contribution >= 4 is 22.7 Å². The molecule has 1 fully saturated rings. The van der Waals surface area contributed by atoms with E-state index in [1.54, 1.807) is 0 Å². The first-order valence-electron chi connectivity index (χ1n) is 8.79. The fourth-order valence-corrected chi connectivity index (χ4v) is 4.08. The first-order valence-corrected chi connectivity index (χ1v) is 8.79. The highest BCUT2D eigenvalue weighted by molar-refractivity contribution is 5.85. The molecule has 0 aliphatic carbocycles. The van der Waals surface area contributed by atoms with Gasteiger partial charge in [-0.2, -0.15) is 0 Å². The predicted molar refractivity (Wildman–Crippen MR) is 99.8 cm³/mol. The van der Waals surface area contributed by atoms with E-state index in [0.29, 0.717) is 0 Å². The molecule has 24 heavy (non-hydrogen) atoms. The molecule has 0 radical (unpaired) electrons. The smallest absolute Gasteiger partial charge is 0.0912 e. The molecule has 5 rings (SSSR count). The van der Waals surface area contributed by atoms with Gasteiger partial charge in [-0.3, -0.25) is 5.01 Å². The van der Waals surface area contributed by atoms with Crippen LogP contribution in [0.1, 0.15) is 30.0 Å². The minimum atomic E-state index is 0.245. The number of benzene rings is 2. The second-order valence-corrected chi connectivity index (χ2v) is 6.66. The number of hydrogen-bond acceptors (Lipinski definition) is 2. The Kier molecular flexibility index (Phi) is 3.20. The zero-order chi connectivity index (χ0) is 15.9. The van der Waals surface area contributed by atoms with E-state index in [0.717, 1.165) is 13.1 Å². The highest BCUT2D eigenvalue weighted by atomic mass is 15.6. The number of anilines is 1. The number of hydrogen-bond donors (Lipinski definition) is 1. The maximum absolute atomic E-state index is 3.44. The standard InChI is InChI=1S/C21H21N3/c1-4-10-20-16(7-1)11-12-21(24(20)23-13-5-6-14-23)18-15-22-19-9-3-2-8-17(18)19/h1-4,7-12,15,21-22H,5-6,13-14H2. The Hall–Kier alpha value is -2.52. The number of rotatable bonds is 2. The van der Waals surface area contributed by atoms with Crippen molar-refractivity contribution in [3.63, 3.8) is 0 Å². The van der Waals surface area contributed by atoms with Gasteiger partial charge < -0.3 is 4.98 Å². The van der Waals surface area contributed by atoms with Gasteiger partial charge in [-0.1, -0.05) is 48.6 Å². The molecule has 1 aromatic heterocycles. The Morgan fingerprint density at radius 2 is 1.71 bits per heavy atom. The minimum Gasteiger partial charge on any atom is -0.361 e. The molecule has 2 aliphatic rings. The Morgan fingerprint density at radius 3 is 2.62 bits per heavy atom. The summed E-state index contributed by atoms with van der Waals surface area (Å²) in [4.78, 5) is 3.44. The Balaban J connectivity index is 1.66. The number of aromatic nitrogens is 1. The second kappa shape index (κ2) is 5.53. The molecule has 1 N–H and O–H groups in total. The van der Waals surface area contributed by atoms with E-state index in [2.05, 4.69) is 81.9 Å². The molecule has 0 amide bonds. The number of H-pyrrole nitrogens is 1. The quantitative estimate of drug-likeness (QED) is 0.737. The minimum absolute atomic E-state index is 0.245. The van der Waals surface area contributed by atoms with Crippen LogP contribution in [0.5, 0.6) is 0 Å². The summed E-state index contributed by atoms with van der Waals surface area (Å²) in [7, 11) is 0. The van der Waals surface area contributed by atoms with Crippen LogP contribution in [0, 0.1) is 0 Å². The lowest BCUT2D eigenvalue weighted by Crippen LogP contribution is -2.44. The van der Waals surface area contributed by atoms with Gasteiger partial charge in [0, 0.05) is 35.8 Å². The monoisotopic (exact) mass is 315 g/mol. The third-order valence-corrected chi connectivity index (χ3v) is 5.23. The fourth-order valence-electron chi connectivity index (χ4n) is 4.08. The van der Waals surface area contributed by atoms with Gasteiger partial charge in [0.2, 0.25) is 0 Å². The average molecular weight is 315 g/mol. The molecule has 3 nitrogen and oxygen atoms in total. The van der Waals surface area contributed by atoms with Gasteiger partial charge >= 0.3 is 0 Å². The first kappa shape index (κ1) is 13.9. The highest BCUT2D eigenvalue weighted by Crippen LogP contribution is 2.40. The van der Waals surface area contributed by atoms with Crippen LogP contribution >= 0.6 is 0 Å². The summed E-state index contributed by atoms with van der Waals surface area (Å²) in [6, 6.07) is 17.6. The molecule has 0 bridgehead atoms. The van der Waals surface area contributed by atoms with Crippen molar-refractivity contribution in [1.82, 2.24) is 9.99 Å². The molecule has 1 saturated heterocycles. The zero-order valence-electron chi connectivity index (χ0n) is 13.7. The third-order valence-electron chi connectivity index (χ3n) is 5.23. The van der Waals surface area contributed by atoms with Crippen LogP contribution in [-0.4, -0.2) is 23.1 Å². The SMILES string of the molecule is C1=CC(c2c[nH]c3ccccc23)N(N2CCCC2)c2ccccc21. The molecule has 1 unspecified atom stereocenters. The zero-order valence-corrected chi connectivity index (χ0v) is 13.7. The van der Waals surface area contributed by atoms with E-state index in [-0.39, 0.29) is 6.04 Å². The van der Waals surface area contributed by atoms with Crippen LogP contribution in [0.2, 0.25) is 0 Å². The first-order chi connectivity index (χ1) is 11.9. The van der Waals surface area contributed by atoms with E-state index >= 15 is 0 Å². The number of para-hydroxylation sites is 2. The molecule has 0 saturated carbocycles. The van der Waals surface area contributed by atoms with Crippen molar-refractivity contribution < 1.29 is 0 Å².